The number of rotatable bonds is 5. The van der Waals surface area contributed by atoms with Gasteiger partial charge in [-0.25, -0.2) is 4.39 Å². The second-order valence-electron chi connectivity index (χ2n) is 8.16. The van der Waals surface area contributed by atoms with Crippen molar-refractivity contribution >= 4 is 22.5 Å². The molecule has 0 aromatic heterocycles. The largest absolute Gasteiger partial charge is 0.497 e. The fourth-order valence-electron chi connectivity index (χ4n) is 4.27. The predicted molar refractivity (Wildman–Crippen MR) is 119 cm³/mol. The Labute approximate surface area is 181 Å². The summed E-state index contributed by atoms with van der Waals surface area (Å²) in [7, 11) is 1.65. The monoisotopic (exact) mass is 419 g/mol. The lowest BCUT2D eigenvalue weighted by Gasteiger charge is -2.33. The van der Waals surface area contributed by atoms with E-state index in [-0.39, 0.29) is 29.3 Å². The zero-order chi connectivity index (χ0) is 22.0. The van der Waals surface area contributed by atoms with Crippen molar-refractivity contribution in [3.8, 4) is 5.75 Å². The number of ether oxygens (including phenoxy) is 1. The van der Waals surface area contributed by atoms with Crippen LogP contribution in [0, 0.1) is 11.7 Å². The van der Waals surface area contributed by atoms with Crippen LogP contribution in [-0.4, -0.2) is 36.8 Å². The van der Waals surface area contributed by atoms with E-state index in [1.165, 1.54) is 24.3 Å². The van der Waals surface area contributed by atoms with Gasteiger partial charge in [0.15, 0.2) is 5.78 Å². The molecule has 3 aromatic rings. The molecule has 1 saturated heterocycles. The molecule has 1 amide bonds. The quantitative estimate of drug-likeness (QED) is 0.533. The van der Waals surface area contributed by atoms with Crippen LogP contribution in [-0.2, 0) is 4.79 Å². The van der Waals surface area contributed by atoms with E-state index in [0.717, 1.165) is 22.1 Å². The summed E-state index contributed by atoms with van der Waals surface area (Å²) in [6, 6.07) is 17.7. The molecule has 1 fully saturated rings. The molecule has 5 heteroatoms. The molecule has 0 bridgehead atoms. The first-order chi connectivity index (χ1) is 15.0. The molecule has 1 unspecified atom stereocenters. The first-order valence-electron chi connectivity index (χ1n) is 10.6. The molecule has 3 aromatic carbocycles. The zero-order valence-corrected chi connectivity index (χ0v) is 17.8. The second kappa shape index (κ2) is 8.88. The summed E-state index contributed by atoms with van der Waals surface area (Å²) in [5.41, 5.74) is 1.51. The lowest BCUT2D eigenvalue weighted by atomic mass is 9.88. The Hall–Kier alpha value is -3.21. The van der Waals surface area contributed by atoms with Gasteiger partial charge in [-0.2, -0.15) is 0 Å². The van der Waals surface area contributed by atoms with Crippen molar-refractivity contribution in [3.05, 3.63) is 77.6 Å². The van der Waals surface area contributed by atoms with Gasteiger partial charge in [0, 0.05) is 24.6 Å². The average Bonchev–Trinajstić information content (AvgIpc) is 2.82. The van der Waals surface area contributed by atoms with Gasteiger partial charge >= 0.3 is 0 Å². The molecule has 0 N–H and O–H groups in total. The number of likely N-dealkylation sites (tertiary alicyclic amines) is 1. The number of piperidine rings is 1. The molecule has 0 aliphatic carbocycles. The van der Waals surface area contributed by atoms with Gasteiger partial charge < -0.3 is 9.64 Å². The number of carbonyl (C=O) groups excluding carboxylic acids is 2. The first-order valence-corrected chi connectivity index (χ1v) is 10.6. The van der Waals surface area contributed by atoms with Gasteiger partial charge in [0.05, 0.1) is 13.0 Å². The Morgan fingerprint density at radius 1 is 0.968 bits per heavy atom. The third-order valence-electron chi connectivity index (χ3n) is 6.25. The Balaban J connectivity index is 1.40. The summed E-state index contributed by atoms with van der Waals surface area (Å²) in [4.78, 5) is 27.6. The summed E-state index contributed by atoms with van der Waals surface area (Å²) in [6.45, 7) is 3.06. The van der Waals surface area contributed by atoms with Crippen molar-refractivity contribution in [2.24, 2.45) is 5.92 Å². The van der Waals surface area contributed by atoms with E-state index in [4.69, 9.17) is 4.74 Å². The highest BCUT2D eigenvalue weighted by atomic mass is 19.1. The summed E-state index contributed by atoms with van der Waals surface area (Å²) in [5.74, 6) is 0.197. The molecule has 31 heavy (non-hydrogen) atoms. The number of hydrogen-bond acceptors (Lipinski definition) is 3. The van der Waals surface area contributed by atoms with E-state index in [0.29, 0.717) is 31.5 Å². The van der Waals surface area contributed by atoms with Crippen molar-refractivity contribution < 1.29 is 18.7 Å². The SMILES string of the molecule is COc1ccc2cc(C(C)C(=O)N3CCC(C(=O)c4ccc(F)cc4)CC3)ccc2c1. The van der Waals surface area contributed by atoms with E-state index in [2.05, 4.69) is 6.07 Å². The maximum absolute atomic E-state index is 13.1. The number of benzene rings is 3. The van der Waals surface area contributed by atoms with Crippen LogP contribution in [0.3, 0.4) is 0 Å². The van der Waals surface area contributed by atoms with Crippen molar-refractivity contribution in [1.29, 1.82) is 0 Å². The molecule has 1 aliphatic rings. The molecular weight excluding hydrogens is 393 g/mol. The molecule has 0 radical (unpaired) electrons. The zero-order valence-electron chi connectivity index (χ0n) is 17.8. The Bertz CT molecular complexity index is 1100. The van der Waals surface area contributed by atoms with Gasteiger partial charge in [-0.1, -0.05) is 24.3 Å². The van der Waals surface area contributed by atoms with Crippen molar-refractivity contribution in [3.63, 3.8) is 0 Å². The van der Waals surface area contributed by atoms with Crippen molar-refractivity contribution in [1.82, 2.24) is 4.90 Å². The number of halogens is 1. The lowest BCUT2D eigenvalue weighted by Crippen LogP contribution is -2.42. The van der Waals surface area contributed by atoms with Gasteiger partial charge in [-0.05, 0) is 72.5 Å². The smallest absolute Gasteiger partial charge is 0.229 e. The van der Waals surface area contributed by atoms with Crippen LogP contribution in [0.15, 0.2) is 60.7 Å². The number of hydrogen-bond donors (Lipinski definition) is 0. The number of fused-ring (bicyclic) bond motifs is 1. The molecule has 1 aliphatic heterocycles. The fraction of sp³-hybridized carbons (Fsp3) is 0.308. The molecular formula is C26H26FNO3. The van der Waals surface area contributed by atoms with Crippen LogP contribution in [0.1, 0.15) is 41.6 Å². The summed E-state index contributed by atoms with van der Waals surface area (Å²) >= 11 is 0. The van der Waals surface area contributed by atoms with Crippen LogP contribution in [0.4, 0.5) is 4.39 Å². The summed E-state index contributed by atoms with van der Waals surface area (Å²) in [6.07, 6.45) is 1.26. The maximum Gasteiger partial charge on any atom is 0.229 e. The number of carbonyl (C=O) groups is 2. The molecule has 1 heterocycles. The van der Waals surface area contributed by atoms with Gasteiger partial charge in [0.2, 0.25) is 5.91 Å². The minimum atomic E-state index is -0.348. The van der Waals surface area contributed by atoms with Gasteiger partial charge in [0.1, 0.15) is 11.6 Å². The standard InChI is InChI=1S/C26H26FNO3/c1-17(20-3-4-22-16-24(31-2)10-7-21(22)15-20)26(30)28-13-11-19(12-14-28)25(29)18-5-8-23(27)9-6-18/h3-10,15-17,19H,11-14H2,1-2H3. The predicted octanol–water partition coefficient (Wildman–Crippen LogP) is 5.21. The van der Waals surface area contributed by atoms with Gasteiger partial charge in [-0.3, -0.25) is 9.59 Å². The molecule has 1 atom stereocenters. The van der Waals surface area contributed by atoms with E-state index in [1.54, 1.807) is 7.11 Å². The summed E-state index contributed by atoms with van der Waals surface area (Å²) in [5, 5.41) is 2.14. The number of methoxy groups -OCH3 is 1. The Morgan fingerprint density at radius 3 is 2.29 bits per heavy atom. The highest BCUT2D eigenvalue weighted by Gasteiger charge is 2.30. The Kier molecular flexibility index (Phi) is 6.03. The molecule has 160 valence electrons. The number of Topliss-reactive ketones (excluding diaryl/α,β-unsaturated/α-hetero) is 1. The molecule has 0 saturated carbocycles. The number of ketones is 1. The maximum atomic E-state index is 13.1. The third-order valence-corrected chi connectivity index (χ3v) is 6.25. The minimum Gasteiger partial charge on any atom is -0.497 e. The van der Waals surface area contributed by atoms with Crippen LogP contribution < -0.4 is 4.74 Å². The molecule has 0 spiro atoms. The van der Waals surface area contributed by atoms with Crippen LogP contribution in [0.5, 0.6) is 5.75 Å². The van der Waals surface area contributed by atoms with E-state index < -0.39 is 0 Å². The number of amides is 1. The first kappa shape index (κ1) is 21.0. The van der Waals surface area contributed by atoms with E-state index in [1.807, 2.05) is 42.2 Å². The van der Waals surface area contributed by atoms with E-state index in [9.17, 15) is 14.0 Å². The second-order valence-corrected chi connectivity index (χ2v) is 8.16. The fourth-order valence-corrected chi connectivity index (χ4v) is 4.27. The summed E-state index contributed by atoms with van der Waals surface area (Å²) < 4.78 is 18.4. The van der Waals surface area contributed by atoms with Crippen LogP contribution in [0.2, 0.25) is 0 Å². The lowest BCUT2D eigenvalue weighted by molar-refractivity contribution is -0.133. The highest BCUT2D eigenvalue weighted by Crippen LogP contribution is 2.28. The minimum absolute atomic E-state index is 0.0325. The Morgan fingerprint density at radius 2 is 1.61 bits per heavy atom. The van der Waals surface area contributed by atoms with Crippen molar-refractivity contribution in [2.45, 2.75) is 25.7 Å². The molecule has 4 rings (SSSR count). The van der Waals surface area contributed by atoms with Gasteiger partial charge in [0.25, 0.3) is 0 Å². The average molecular weight is 419 g/mol. The van der Waals surface area contributed by atoms with Crippen molar-refractivity contribution in [2.75, 3.05) is 20.2 Å². The highest BCUT2D eigenvalue weighted by molar-refractivity contribution is 5.98. The normalized spacial score (nSPS) is 15.6. The third kappa shape index (κ3) is 4.46. The molecule has 4 nitrogen and oxygen atoms in total. The van der Waals surface area contributed by atoms with E-state index >= 15 is 0 Å². The van der Waals surface area contributed by atoms with Crippen LogP contribution >= 0.6 is 0 Å². The number of nitrogens with zero attached hydrogens (tertiary/aromatic N) is 1. The van der Waals surface area contributed by atoms with Gasteiger partial charge in [-0.15, -0.1) is 0 Å². The topological polar surface area (TPSA) is 46.6 Å². The van der Waals surface area contributed by atoms with Crippen LogP contribution in [0.25, 0.3) is 10.8 Å².